The summed E-state index contributed by atoms with van der Waals surface area (Å²) in [6.45, 7) is 0. The number of fused-ring (bicyclic) bond motifs is 1. The molecule has 1 aliphatic heterocycles. The van der Waals surface area contributed by atoms with Gasteiger partial charge in [0, 0.05) is 12.1 Å². The van der Waals surface area contributed by atoms with Crippen LogP contribution in [0.3, 0.4) is 0 Å². The van der Waals surface area contributed by atoms with Gasteiger partial charge in [-0.2, -0.15) is 0 Å². The maximum atomic E-state index is 12.5. The molecule has 0 aromatic heterocycles. The van der Waals surface area contributed by atoms with Crippen molar-refractivity contribution in [3.63, 3.8) is 0 Å². The molecule has 5 heteroatoms. The van der Waals surface area contributed by atoms with E-state index in [0.29, 0.717) is 18.4 Å². The number of carbonyl (C=O) groups excluding carboxylic acids is 1. The van der Waals surface area contributed by atoms with Gasteiger partial charge in [-0.1, -0.05) is 28.1 Å². The van der Waals surface area contributed by atoms with E-state index in [4.69, 9.17) is 0 Å². The fourth-order valence-corrected chi connectivity index (χ4v) is 2.01. The fraction of sp³-hybridized carbons (Fsp3) is 0.364. The third-order valence-electron chi connectivity index (χ3n) is 2.56. The highest BCUT2D eigenvalue weighted by Gasteiger charge is 2.21. The standard InChI is InChI=1S/C11H10BrF2NO/c12-10(11(13)14)7-1-3-8-6(5-7)2-4-9(16)15-8/h1,3,5,10-11H,2,4H2,(H,15,16). The molecule has 1 atom stereocenters. The fourth-order valence-electron chi connectivity index (χ4n) is 1.72. The predicted molar refractivity (Wildman–Crippen MR) is 61.1 cm³/mol. The summed E-state index contributed by atoms with van der Waals surface area (Å²) >= 11 is 2.95. The normalized spacial score (nSPS) is 16.9. The van der Waals surface area contributed by atoms with Gasteiger partial charge in [0.1, 0.15) is 4.83 Å². The summed E-state index contributed by atoms with van der Waals surface area (Å²) in [7, 11) is 0. The number of alkyl halides is 3. The molecule has 0 saturated carbocycles. The molecule has 86 valence electrons. The molecule has 1 aliphatic rings. The molecule has 1 aromatic rings. The molecule has 0 aliphatic carbocycles. The van der Waals surface area contributed by atoms with Gasteiger partial charge in [0.2, 0.25) is 5.91 Å². The van der Waals surface area contributed by atoms with Gasteiger partial charge in [-0.3, -0.25) is 4.79 Å². The first-order valence-corrected chi connectivity index (χ1v) is 5.84. The van der Waals surface area contributed by atoms with Crippen LogP contribution in [0.5, 0.6) is 0 Å². The van der Waals surface area contributed by atoms with Gasteiger partial charge in [0.05, 0.1) is 0 Å². The Morgan fingerprint density at radius 1 is 1.31 bits per heavy atom. The Hall–Kier alpha value is -0.970. The van der Waals surface area contributed by atoms with Crippen LogP contribution in [0.15, 0.2) is 18.2 Å². The molecule has 2 nitrogen and oxygen atoms in total. The highest BCUT2D eigenvalue weighted by molar-refractivity contribution is 9.09. The summed E-state index contributed by atoms with van der Waals surface area (Å²) < 4.78 is 25.0. The second kappa shape index (κ2) is 4.49. The third kappa shape index (κ3) is 2.24. The van der Waals surface area contributed by atoms with Gasteiger partial charge in [0.15, 0.2) is 0 Å². The van der Waals surface area contributed by atoms with Crippen molar-refractivity contribution in [2.75, 3.05) is 5.32 Å². The number of rotatable bonds is 2. The molecule has 1 heterocycles. The number of aryl methyl sites for hydroxylation is 1. The van der Waals surface area contributed by atoms with Crippen LogP contribution in [0.2, 0.25) is 0 Å². The van der Waals surface area contributed by atoms with Crippen molar-refractivity contribution in [1.82, 2.24) is 0 Å². The summed E-state index contributed by atoms with van der Waals surface area (Å²) in [6.07, 6.45) is -1.41. The zero-order chi connectivity index (χ0) is 11.7. The van der Waals surface area contributed by atoms with Gasteiger partial charge in [0.25, 0.3) is 6.43 Å². The van der Waals surface area contributed by atoms with E-state index in [0.717, 1.165) is 11.3 Å². The Balaban J connectivity index is 2.29. The average Bonchev–Trinajstić information content (AvgIpc) is 2.27. The third-order valence-corrected chi connectivity index (χ3v) is 3.49. The van der Waals surface area contributed by atoms with Crippen molar-refractivity contribution < 1.29 is 13.6 Å². The number of halogens is 3. The van der Waals surface area contributed by atoms with E-state index in [2.05, 4.69) is 21.2 Å². The number of hydrogen-bond donors (Lipinski definition) is 1. The van der Waals surface area contributed by atoms with Crippen LogP contribution >= 0.6 is 15.9 Å². The Morgan fingerprint density at radius 2 is 2.06 bits per heavy atom. The lowest BCUT2D eigenvalue weighted by Crippen LogP contribution is -2.19. The molecule has 0 bridgehead atoms. The molecule has 1 amide bonds. The summed E-state index contributed by atoms with van der Waals surface area (Å²) in [5.74, 6) is -0.0236. The van der Waals surface area contributed by atoms with Crippen LogP contribution in [0.25, 0.3) is 0 Å². The monoisotopic (exact) mass is 289 g/mol. The molecule has 0 radical (unpaired) electrons. The van der Waals surface area contributed by atoms with Crippen molar-refractivity contribution >= 4 is 27.5 Å². The second-order valence-electron chi connectivity index (χ2n) is 3.70. The van der Waals surface area contributed by atoms with E-state index in [-0.39, 0.29) is 5.91 Å². The van der Waals surface area contributed by atoms with Crippen molar-refractivity contribution in [2.24, 2.45) is 0 Å². The molecule has 0 fully saturated rings. The minimum absolute atomic E-state index is 0.0236. The van der Waals surface area contributed by atoms with E-state index in [1.165, 1.54) is 0 Å². The number of nitrogens with one attached hydrogen (secondary N) is 1. The van der Waals surface area contributed by atoms with E-state index >= 15 is 0 Å². The maximum absolute atomic E-state index is 12.5. The van der Waals surface area contributed by atoms with E-state index in [9.17, 15) is 13.6 Å². The molecule has 1 aromatic carbocycles. The molecule has 0 spiro atoms. The van der Waals surface area contributed by atoms with E-state index in [1.54, 1.807) is 18.2 Å². The summed E-state index contributed by atoms with van der Waals surface area (Å²) in [6, 6.07) is 5.01. The summed E-state index contributed by atoms with van der Waals surface area (Å²) in [5, 5.41) is 2.71. The number of benzene rings is 1. The number of carbonyl (C=O) groups is 1. The zero-order valence-corrected chi connectivity index (χ0v) is 9.93. The van der Waals surface area contributed by atoms with Crippen molar-refractivity contribution in [2.45, 2.75) is 24.1 Å². The van der Waals surface area contributed by atoms with Crippen LogP contribution < -0.4 is 5.32 Å². The van der Waals surface area contributed by atoms with Gasteiger partial charge in [-0.15, -0.1) is 0 Å². The smallest absolute Gasteiger partial charge is 0.255 e. The Morgan fingerprint density at radius 3 is 2.75 bits per heavy atom. The Kier molecular flexibility index (Phi) is 3.23. The first kappa shape index (κ1) is 11.5. The number of amides is 1. The maximum Gasteiger partial charge on any atom is 0.255 e. The van der Waals surface area contributed by atoms with Crippen LogP contribution in [0, 0.1) is 0 Å². The quantitative estimate of drug-likeness (QED) is 0.832. The second-order valence-corrected chi connectivity index (χ2v) is 4.69. The van der Waals surface area contributed by atoms with Crippen molar-refractivity contribution in [3.05, 3.63) is 29.3 Å². The molecular weight excluding hydrogens is 280 g/mol. The van der Waals surface area contributed by atoms with Gasteiger partial charge < -0.3 is 5.32 Å². The largest absolute Gasteiger partial charge is 0.326 e. The summed E-state index contributed by atoms with van der Waals surface area (Å²) in [4.78, 5) is 10.2. The van der Waals surface area contributed by atoms with Crippen molar-refractivity contribution in [1.29, 1.82) is 0 Å². The molecular formula is C11H10BrF2NO. The van der Waals surface area contributed by atoms with Crippen LogP contribution in [-0.2, 0) is 11.2 Å². The molecule has 2 rings (SSSR count). The number of anilines is 1. The van der Waals surface area contributed by atoms with Gasteiger partial charge >= 0.3 is 0 Å². The minimum atomic E-state index is -2.43. The molecule has 1 N–H and O–H groups in total. The first-order chi connectivity index (χ1) is 7.58. The van der Waals surface area contributed by atoms with Crippen LogP contribution in [0.1, 0.15) is 22.4 Å². The van der Waals surface area contributed by atoms with Gasteiger partial charge in [-0.05, 0) is 23.6 Å². The van der Waals surface area contributed by atoms with E-state index < -0.39 is 11.3 Å². The Labute approximate surface area is 100 Å². The van der Waals surface area contributed by atoms with Gasteiger partial charge in [-0.25, -0.2) is 8.78 Å². The average molecular weight is 290 g/mol. The first-order valence-electron chi connectivity index (χ1n) is 4.93. The molecule has 16 heavy (non-hydrogen) atoms. The highest BCUT2D eigenvalue weighted by Crippen LogP contribution is 2.33. The number of hydrogen-bond acceptors (Lipinski definition) is 1. The zero-order valence-electron chi connectivity index (χ0n) is 8.34. The predicted octanol–water partition coefficient (Wildman–Crippen LogP) is 3.27. The topological polar surface area (TPSA) is 29.1 Å². The van der Waals surface area contributed by atoms with Crippen LogP contribution in [-0.4, -0.2) is 12.3 Å². The highest BCUT2D eigenvalue weighted by atomic mass is 79.9. The van der Waals surface area contributed by atoms with Crippen molar-refractivity contribution in [3.8, 4) is 0 Å². The molecule has 0 saturated heterocycles. The lowest BCUT2D eigenvalue weighted by molar-refractivity contribution is -0.116. The summed E-state index contributed by atoms with van der Waals surface area (Å²) in [5.41, 5.74) is 2.20. The minimum Gasteiger partial charge on any atom is -0.326 e. The molecule has 1 unspecified atom stereocenters. The SMILES string of the molecule is O=C1CCc2cc(C(Br)C(F)F)ccc2N1. The Bertz CT molecular complexity index is 422. The lowest BCUT2D eigenvalue weighted by Gasteiger charge is -2.19. The lowest BCUT2D eigenvalue weighted by atomic mass is 9.99. The van der Waals surface area contributed by atoms with E-state index in [1.807, 2.05) is 0 Å². The van der Waals surface area contributed by atoms with Crippen LogP contribution in [0.4, 0.5) is 14.5 Å².